The first-order chi connectivity index (χ1) is 15.7. The lowest BCUT2D eigenvalue weighted by Crippen LogP contribution is -2.08. The summed E-state index contributed by atoms with van der Waals surface area (Å²) in [5, 5.41) is 6.94. The van der Waals surface area contributed by atoms with Gasteiger partial charge in [0.15, 0.2) is 0 Å². The number of ether oxygens (including phenoxy) is 2. The largest absolute Gasteiger partial charge is 0.497 e. The molecule has 0 atom stereocenters. The number of anilines is 1. The summed E-state index contributed by atoms with van der Waals surface area (Å²) in [5.74, 6) is 1.99. The molecule has 32 heavy (non-hydrogen) atoms. The van der Waals surface area contributed by atoms with E-state index in [1.165, 1.54) is 6.08 Å². The zero-order chi connectivity index (χ0) is 22.3. The van der Waals surface area contributed by atoms with Gasteiger partial charge in [-0.05, 0) is 60.2 Å². The van der Waals surface area contributed by atoms with Crippen LogP contribution in [0.3, 0.4) is 0 Å². The second kappa shape index (κ2) is 9.61. The molecular weight excluding hydrogens is 406 g/mol. The lowest BCUT2D eigenvalue weighted by Gasteiger charge is -2.06. The molecule has 0 bridgehead atoms. The van der Waals surface area contributed by atoms with Crippen LogP contribution in [0.1, 0.15) is 5.56 Å². The molecule has 160 valence electrons. The maximum absolute atomic E-state index is 12.5. The Morgan fingerprint density at radius 3 is 2.25 bits per heavy atom. The molecule has 0 aliphatic rings. The lowest BCUT2D eigenvalue weighted by atomic mass is 10.1. The fourth-order valence-corrected chi connectivity index (χ4v) is 3.03. The molecule has 0 unspecified atom stereocenters. The minimum absolute atomic E-state index is 0.275. The van der Waals surface area contributed by atoms with Crippen LogP contribution in [-0.2, 0) is 4.79 Å². The van der Waals surface area contributed by atoms with Crippen molar-refractivity contribution in [3.8, 4) is 34.3 Å². The zero-order valence-electron chi connectivity index (χ0n) is 17.6. The molecule has 0 spiro atoms. The monoisotopic (exact) mass is 427 g/mol. The number of carbonyl (C=O) groups excluding carboxylic acids is 1. The Balaban J connectivity index is 1.50. The molecule has 1 N–H and O–H groups in total. The molecule has 3 aromatic carbocycles. The van der Waals surface area contributed by atoms with Gasteiger partial charge in [-0.15, -0.1) is 0 Å². The van der Waals surface area contributed by atoms with Gasteiger partial charge >= 0.3 is 0 Å². The van der Waals surface area contributed by atoms with E-state index >= 15 is 0 Å². The second-order valence-electron chi connectivity index (χ2n) is 6.79. The van der Waals surface area contributed by atoms with Crippen molar-refractivity contribution < 1.29 is 18.8 Å². The summed E-state index contributed by atoms with van der Waals surface area (Å²) in [6, 6.07) is 22.0. The Kier molecular flexibility index (Phi) is 6.27. The van der Waals surface area contributed by atoms with E-state index in [-0.39, 0.29) is 5.91 Å². The highest BCUT2D eigenvalue weighted by Crippen LogP contribution is 2.29. The Morgan fingerprint density at radius 1 is 0.906 bits per heavy atom. The normalized spacial score (nSPS) is 10.8. The number of methoxy groups -OCH3 is 2. The average Bonchev–Trinajstić information content (AvgIpc) is 3.33. The number of nitrogens with one attached hydrogen (secondary N) is 1. The molecule has 1 amide bonds. The fourth-order valence-electron chi connectivity index (χ4n) is 3.03. The van der Waals surface area contributed by atoms with E-state index in [1.54, 1.807) is 26.4 Å². The summed E-state index contributed by atoms with van der Waals surface area (Å²) in [6.07, 6.45) is 3.20. The van der Waals surface area contributed by atoms with Gasteiger partial charge in [-0.2, -0.15) is 4.98 Å². The van der Waals surface area contributed by atoms with Crippen molar-refractivity contribution in [1.82, 2.24) is 10.1 Å². The third-order valence-electron chi connectivity index (χ3n) is 4.73. The summed E-state index contributed by atoms with van der Waals surface area (Å²) in [6.45, 7) is 0. The number of hydrogen-bond donors (Lipinski definition) is 1. The predicted octanol–water partition coefficient (Wildman–Crippen LogP) is 5.07. The molecule has 0 radical (unpaired) electrons. The smallest absolute Gasteiger partial charge is 0.260 e. The third-order valence-corrected chi connectivity index (χ3v) is 4.73. The third kappa shape index (κ3) is 4.84. The molecule has 1 aromatic heterocycles. The first kappa shape index (κ1) is 20.9. The molecule has 0 aliphatic heterocycles. The van der Waals surface area contributed by atoms with Crippen LogP contribution in [-0.4, -0.2) is 30.3 Å². The van der Waals surface area contributed by atoms with E-state index < -0.39 is 0 Å². The lowest BCUT2D eigenvalue weighted by molar-refractivity contribution is -0.111. The fraction of sp³-hybridized carbons (Fsp3) is 0.0800. The van der Waals surface area contributed by atoms with E-state index in [0.29, 0.717) is 23.0 Å². The van der Waals surface area contributed by atoms with Gasteiger partial charge < -0.3 is 19.3 Å². The molecule has 7 nitrogen and oxygen atoms in total. The average molecular weight is 427 g/mol. The van der Waals surface area contributed by atoms with Gasteiger partial charge in [-0.25, -0.2) is 0 Å². The molecule has 4 aromatic rings. The Labute approximate surface area is 185 Å². The van der Waals surface area contributed by atoms with Crippen molar-refractivity contribution in [2.45, 2.75) is 0 Å². The van der Waals surface area contributed by atoms with Gasteiger partial charge in [0, 0.05) is 11.6 Å². The van der Waals surface area contributed by atoms with Crippen LogP contribution in [0, 0.1) is 0 Å². The van der Waals surface area contributed by atoms with Crippen molar-refractivity contribution in [1.29, 1.82) is 0 Å². The number of nitrogens with zero attached hydrogens (tertiary/aromatic N) is 2. The number of hydrogen-bond acceptors (Lipinski definition) is 6. The Hall–Kier alpha value is -4.39. The van der Waals surface area contributed by atoms with Crippen molar-refractivity contribution >= 4 is 17.7 Å². The molecule has 4 rings (SSSR count). The van der Waals surface area contributed by atoms with E-state index in [1.807, 2.05) is 66.7 Å². The standard InChI is InChI=1S/C25H21N3O4/c1-30-19-12-7-17(8-13-19)9-16-23(29)26-22-6-4-3-5-21(22)25-27-24(28-32-25)18-10-14-20(31-2)15-11-18/h3-16H,1-2H3,(H,26,29)/b16-9+. The molecular formula is C25H21N3O4. The number of carbonyl (C=O) groups is 1. The summed E-state index contributed by atoms with van der Waals surface area (Å²) in [7, 11) is 3.22. The maximum atomic E-state index is 12.5. The van der Waals surface area contributed by atoms with Crippen LogP contribution >= 0.6 is 0 Å². The molecule has 0 saturated heterocycles. The van der Waals surface area contributed by atoms with E-state index in [4.69, 9.17) is 14.0 Å². The van der Waals surface area contributed by atoms with Crippen LogP contribution in [0.25, 0.3) is 28.9 Å². The highest BCUT2D eigenvalue weighted by atomic mass is 16.5. The van der Waals surface area contributed by atoms with Crippen molar-refractivity contribution in [2.24, 2.45) is 0 Å². The van der Waals surface area contributed by atoms with E-state index in [0.717, 1.165) is 22.6 Å². The topological polar surface area (TPSA) is 86.5 Å². The van der Waals surface area contributed by atoms with Crippen LogP contribution < -0.4 is 14.8 Å². The molecule has 0 aliphatic carbocycles. The molecule has 0 fully saturated rings. The van der Waals surface area contributed by atoms with Crippen LogP contribution in [0.2, 0.25) is 0 Å². The summed E-state index contributed by atoms with van der Waals surface area (Å²) < 4.78 is 15.8. The Morgan fingerprint density at radius 2 is 1.56 bits per heavy atom. The predicted molar refractivity (Wildman–Crippen MR) is 122 cm³/mol. The van der Waals surface area contributed by atoms with E-state index in [9.17, 15) is 4.79 Å². The van der Waals surface area contributed by atoms with Crippen molar-refractivity contribution in [2.75, 3.05) is 19.5 Å². The quantitative estimate of drug-likeness (QED) is 0.414. The number of para-hydroxylation sites is 1. The summed E-state index contributed by atoms with van der Waals surface area (Å²) in [4.78, 5) is 17.0. The van der Waals surface area contributed by atoms with Crippen LogP contribution in [0.15, 0.2) is 83.4 Å². The minimum atomic E-state index is -0.275. The first-order valence-corrected chi connectivity index (χ1v) is 9.87. The molecule has 0 saturated carbocycles. The summed E-state index contributed by atoms with van der Waals surface area (Å²) >= 11 is 0. The van der Waals surface area contributed by atoms with Crippen molar-refractivity contribution in [3.05, 3.63) is 84.4 Å². The van der Waals surface area contributed by atoms with Gasteiger partial charge in [-0.3, -0.25) is 4.79 Å². The number of amides is 1. The van der Waals surface area contributed by atoms with Gasteiger partial charge in [-0.1, -0.05) is 29.4 Å². The second-order valence-corrected chi connectivity index (χ2v) is 6.79. The first-order valence-electron chi connectivity index (χ1n) is 9.87. The van der Waals surface area contributed by atoms with Gasteiger partial charge in [0.1, 0.15) is 11.5 Å². The highest BCUT2D eigenvalue weighted by Gasteiger charge is 2.15. The van der Waals surface area contributed by atoms with Crippen molar-refractivity contribution in [3.63, 3.8) is 0 Å². The van der Waals surface area contributed by atoms with E-state index in [2.05, 4.69) is 15.5 Å². The minimum Gasteiger partial charge on any atom is -0.497 e. The molecule has 7 heteroatoms. The van der Waals surface area contributed by atoms with Gasteiger partial charge in [0.25, 0.3) is 5.89 Å². The van der Waals surface area contributed by atoms with Gasteiger partial charge in [0.05, 0.1) is 25.5 Å². The summed E-state index contributed by atoms with van der Waals surface area (Å²) in [5.41, 5.74) is 2.88. The molecule has 1 heterocycles. The number of benzene rings is 3. The Bertz CT molecular complexity index is 1230. The number of aromatic nitrogens is 2. The maximum Gasteiger partial charge on any atom is 0.260 e. The number of rotatable bonds is 7. The van der Waals surface area contributed by atoms with Crippen LogP contribution in [0.4, 0.5) is 5.69 Å². The highest BCUT2D eigenvalue weighted by molar-refractivity contribution is 6.03. The van der Waals surface area contributed by atoms with Gasteiger partial charge in [0.2, 0.25) is 11.7 Å². The SMILES string of the molecule is COc1ccc(/C=C/C(=O)Nc2ccccc2-c2nc(-c3ccc(OC)cc3)no2)cc1. The van der Waals surface area contributed by atoms with Crippen LogP contribution in [0.5, 0.6) is 11.5 Å². The zero-order valence-corrected chi connectivity index (χ0v) is 17.6.